The van der Waals surface area contributed by atoms with Crippen molar-refractivity contribution in [3.8, 4) is 0 Å². The van der Waals surface area contributed by atoms with E-state index in [1.54, 1.807) is 24.7 Å². The largest absolute Gasteiger partial charge is 0.469 e. The number of anilines is 5. The lowest BCUT2D eigenvalue weighted by Gasteiger charge is -2.33. The smallest absolute Gasteiger partial charge is 0.305 e. The van der Waals surface area contributed by atoms with Gasteiger partial charge in [0.2, 0.25) is 23.8 Å². The summed E-state index contributed by atoms with van der Waals surface area (Å²) in [7, 11) is 2.88. The topological polar surface area (TPSA) is 210 Å². The summed E-state index contributed by atoms with van der Waals surface area (Å²) in [6.07, 6.45) is 23.6. The highest BCUT2D eigenvalue weighted by Gasteiger charge is 2.28. The molecule has 8 aromatic rings. The van der Waals surface area contributed by atoms with Gasteiger partial charge >= 0.3 is 11.9 Å². The Balaban J connectivity index is 0.000000142. The van der Waals surface area contributed by atoms with Crippen LogP contribution in [0, 0.1) is 23.7 Å². The molecule has 0 radical (unpaired) electrons. The first-order valence-corrected chi connectivity index (χ1v) is 26.3. The molecular weight excluding hydrogens is 982 g/mol. The number of nitrogen functional groups attached to an aromatic ring is 1. The molecule has 0 unspecified atom stereocenters. The maximum absolute atomic E-state index is 14.8. The van der Waals surface area contributed by atoms with Gasteiger partial charge in [0.05, 0.1) is 38.0 Å². The van der Waals surface area contributed by atoms with Gasteiger partial charge in [-0.15, -0.1) is 0 Å². The minimum atomic E-state index is -0.469. The number of ether oxygens (including phenoxy) is 2. The minimum absolute atomic E-state index is 0.110. The SMILES string of the molecule is COC(=O)CC1CCN(c2ccc(Cl)nc2)CC1.COC(=O)CC1CCN(c2ccc(Nc3ncc4c5ccnc(F)c5n(C5CCCC5)c4n3)nc2)CC1.Nc1ncc2c3ccnc(F)c3n(C3CCCC3)c2n1. The van der Waals surface area contributed by atoms with Crippen molar-refractivity contribution in [1.82, 2.24) is 49.0 Å². The molecular formula is C54H61ClF2N14O4. The number of carbonyl (C=O) groups is 2. The van der Waals surface area contributed by atoms with E-state index in [0.717, 1.165) is 142 Å². The van der Waals surface area contributed by atoms with E-state index in [1.807, 2.05) is 45.7 Å². The van der Waals surface area contributed by atoms with E-state index in [4.69, 9.17) is 31.8 Å². The van der Waals surface area contributed by atoms with Crippen LogP contribution in [0.25, 0.3) is 43.9 Å². The Morgan fingerprint density at radius 3 is 1.55 bits per heavy atom. The van der Waals surface area contributed by atoms with E-state index in [1.165, 1.54) is 26.6 Å². The fourth-order valence-electron chi connectivity index (χ4n) is 11.3. The van der Waals surface area contributed by atoms with Crippen molar-refractivity contribution >= 4 is 96.5 Å². The summed E-state index contributed by atoms with van der Waals surface area (Å²) in [6, 6.07) is 11.9. The average molecular weight is 1040 g/mol. The number of methoxy groups -OCH3 is 2. The third kappa shape index (κ3) is 11.4. The molecule has 3 N–H and O–H groups in total. The quantitative estimate of drug-likeness (QED) is 0.0964. The van der Waals surface area contributed by atoms with E-state index in [2.05, 4.69) is 50.0 Å². The van der Waals surface area contributed by atoms with Crippen LogP contribution in [-0.4, -0.2) is 101 Å². The summed E-state index contributed by atoms with van der Waals surface area (Å²) < 4.78 is 42.6. The standard InChI is InChI=1S/C27H30FN7O2.C14H14FN5.C13H17ClN2O2/c1-37-23(36)14-17-9-12-34(13-10-17)19-6-7-22(30-15-19)32-27-31-16-21-20-8-11-29-25(28)24(20)35(26(21)33-27)18-4-2-3-5-18;15-12-11-9(5-6-17-12)10-7-18-14(16)19-13(10)20(11)8-3-1-2-4-8;1-18-13(17)8-10-4-6-16(7-5-10)11-2-3-12(14)15-9-11/h6-8,11,15-18H,2-5,9-10,12-14H2,1H3,(H,30,31,32,33);5-8H,1-4H2,(H2,16,18,19);2-3,9-10H,4-8H2,1H3. The highest BCUT2D eigenvalue weighted by Crippen LogP contribution is 2.40. The van der Waals surface area contributed by atoms with Gasteiger partial charge in [0.15, 0.2) is 0 Å². The van der Waals surface area contributed by atoms with E-state index in [9.17, 15) is 18.4 Å². The lowest BCUT2D eigenvalue weighted by molar-refractivity contribution is -0.142. The van der Waals surface area contributed by atoms with Crippen molar-refractivity contribution in [1.29, 1.82) is 0 Å². The Kier molecular flexibility index (Phi) is 15.7. The first kappa shape index (κ1) is 51.1. The average Bonchev–Trinajstić information content (AvgIpc) is 4.28. The minimum Gasteiger partial charge on any atom is -0.469 e. The number of hydrogen-bond donors (Lipinski definition) is 2. The number of aromatic nitrogens is 10. The first-order valence-electron chi connectivity index (χ1n) is 25.9. The molecule has 0 aromatic carbocycles. The zero-order valence-electron chi connectivity index (χ0n) is 42.2. The molecule has 18 nitrogen and oxygen atoms in total. The first-order chi connectivity index (χ1) is 36.5. The summed E-state index contributed by atoms with van der Waals surface area (Å²) in [6.45, 7) is 3.66. The molecule has 75 heavy (non-hydrogen) atoms. The summed E-state index contributed by atoms with van der Waals surface area (Å²) in [4.78, 5) is 61.4. The zero-order valence-corrected chi connectivity index (χ0v) is 42.9. The fourth-order valence-corrected chi connectivity index (χ4v) is 11.4. The fraction of sp³-hybridized carbons (Fsp3) is 0.444. The number of esters is 2. The number of nitrogens with two attached hydrogens (primary N) is 1. The van der Waals surface area contributed by atoms with Crippen LogP contribution in [0.5, 0.6) is 0 Å². The Labute approximate surface area is 437 Å². The number of fused-ring (bicyclic) bond motifs is 6. The highest BCUT2D eigenvalue weighted by atomic mass is 35.5. The molecule has 392 valence electrons. The lowest BCUT2D eigenvalue weighted by atomic mass is 9.93. The Bertz CT molecular complexity index is 3280. The second-order valence-electron chi connectivity index (χ2n) is 19.8. The van der Waals surface area contributed by atoms with Gasteiger partial charge < -0.3 is 39.5 Å². The Hall–Kier alpha value is -7.35. The molecule has 0 atom stereocenters. The third-order valence-electron chi connectivity index (χ3n) is 15.2. The van der Waals surface area contributed by atoms with Gasteiger partial charge in [-0.1, -0.05) is 37.3 Å². The molecule has 8 aromatic heterocycles. The van der Waals surface area contributed by atoms with Crippen LogP contribution in [0.15, 0.2) is 73.6 Å². The number of piperidine rings is 2. The second kappa shape index (κ2) is 23.0. The number of nitrogens with zero attached hydrogens (tertiary/aromatic N) is 12. The van der Waals surface area contributed by atoms with Gasteiger partial charge in [-0.05, 0) is 99.6 Å². The van der Waals surface area contributed by atoms with Crippen molar-refractivity contribution < 1.29 is 27.8 Å². The van der Waals surface area contributed by atoms with Gasteiger partial charge in [-0.25, -0.2) is 29.9 Å². The molecule has 0 bridgehead atoms. The highest BCUT2D eigenvalue weighted by molar-refractivity contribution is 6.29. The number of halogens is 3. The molecule has 4 fully saturated rings. The van der Waals surface area contributed by atoms with Crippen LogP contribution in [0.3, 0.4) is 0 Å². The molecule has 2 saturated heterocycles. The van der Waals surface area contributed by atoms with Crippen LogP contribution >= 0.6 is 11.6 Å². The van der Waals surface area contributed by atoms with Crippen molar-refractivity contribution in [2.24, 2.45) is 11.8 Å². The monoisotopic (exact) mass is 1040 g/mol. The summed E-state index contributed by atoms with van der Waals surface area (Å²) in [5.74, 6) is 0.917. The summed E-state index contributed by atoms with van der Waals surface area (Å²) in [5, 5.41) is 6.98. The van der Waals surface area contributed by atoms with E-state index < -0.39 is 11.9 Å². The van der Waals surface area contributed by atoms with Gasteiger partial charge in [0.1, 0.15) is 33.3 Å². The molecule has 10 heterocycles. The van der Waals surface area contributed by atoms with Gasteiger partial charge in [0.25, 0.3) is 0 Å². The molecule has 12 rings (SSSR count). The normalized spacial score (nSPS) is 16.8. The molecule has 21 heteroatoms. The predicted molar refractivity (Wildman–Crippen MR) is 285 cm³/mol. The van der Waals surface area contributed by atoms with E-state index in [0.29, 0.717) is 58.3 Å². The molecule has 2 aliphatic carbocycles. The maximum atomic E-state index is 14.8. The van der Waals surface area contributed by atoms with Crippen molar-refractivity contribution in [2.75, 3.05) is 61.2 Å². The van der Waals surface area contributed by atoms with Crippen LogP contribution < -0.4 is 20.9 Å². The van der Waals surface area contributed by atoms with Crippen LogP contribution in [0.2, 0.25) is 5.15 Å². The molecule has 2 aliphatic heterocycles. The molecule has 2 saturated carbocycles. The lowest BCUT2D eigenvalue weighted by Crippen LogP contribution is -2.34. The van der Waals surface area contributed by atoms with Gasteiger partial charge in [0, 0.05) is 97.4 Å². The van der Waals surface area contributed by atoms with Crippen LogP contribution in [-0.2, 0) is 19.1 Å². The van der Waals surface area contributed by atoms with Gasteiger partial charge in [-0.2, -0.15) is 18.7 Å². The number of rotatable bonds is 10. The number of nitrogens with one attached hydrogen (secondary N) is 1. The second-order valence-corrected chi connectivity index (χ2v) is 20.2. The summed E-state index contributed by atoms with van der Waals surface area (Å²) in [5.41, 5.74) is 10.3. The molecule has 0 amide bonds. The molecule has 4 aliphatic rings. The van der Waals surface area contributed by atoms with Gasteiger partial charge in [-0.3, -0.25) is 9.59 Å². The Morgan fingerprint density at radius 2 is 1.08 bits per heavy atom. The van der Waals surface area contributed by atoms with E-state index >= 15 is 0 Å². The number of pyridine rings is 4. The number of hydrogen-bond acceptors (Lipinski definition) is 16. The van der Waals surface area contributed by atoms with E-state index in [-0.39, 0.29) is 30.0 Å². The predicted octanol–water partition coefficient (Wildman–Crippen LogP) is 10.5. The maximum Gasteiger partial charge on any atom is 0.305 e. The molecule has 0 spiro atoms. The van der Waals surface area contributed by atoms with Crippen LogP contribution in [0.1, 0.15) is 102 Å². The van der Waals surface area contributed by atoms with Crippen molar-refractivity contribution in [2.45, 2.75) is 102 Å². The van der Waals surface area contributed by atoms with Crippen molar-refractivity contribution in [3.63, 3.8) is 0 Å². The summed E-state index contributed by atoms with van der Waals surface area (Å²) >= 11 is 5.77. The zero-order chi connectivity index (χ0) is 52.0. The third-order valence-corrected chi connectivity index (χ3v) is 15.5. The van der Waals surface area contributed by atoms with Crippen molar-refractivity contribution in [3.05, 3.63) is 90.6 Å². The Morgan fingerprint density at radius 1 is 0.600 bits per heavy atom. The van der Waals surface area contributed by atoms with Crippen LogP contribution in [0.4, 0.5) is 37.9 Å². The number of carbonyl (C=O) groups excluding carboxylic acids is 2.